The van der Waals surface area contributed by atoms with Crippen molar-refractivity contribution in [1.29, 1.82) is 10.7 Å². The highest BCUT2D eigenvalue weighted by atomic mass is 35.5. The first kappa shape index (κ1) is 22.9. The Hall–Kier alpha value is -3.25. The highest BCUT2D eigenvalue weighted by Crippen LogP contribution is 2.44. The Kier molecular flexibility index (Phi) is 6.75. The normalized spacial score (nSPS) is 13.8. The van der Waals surface area contributed by atoms with Crippen molar-refractivity contribution in [3.63, 3.8) is 0 Å². The molecule has 10 heteroatoms. The summed E-state index contributed by atoms with van der Waals surface area (Å²) in [5.74, 6) is 0.477. The molecule has 7 nitrogen and oxygen atoms in total. The number of rotatable bonds is 6. The lowest BCUT2D eigenvalue weighted by Crippen LogP contribution is -2.28. The number of amides is 1. The molecule has 0 unspecified atom stereocenters. The van der Waals surface area contributed by atoms with Crippen molar-refractivity contribution >= 4 is 58.4 Å². The molecule has 1 amide bonds. The van der Waals surface area contributed by atoms with Gasteiger partial charge in [0, 0.05) is 33.3 Å². The second-order valence-corrected chi connectivity index (χ2v) is 9.30. The summed E-state index contributed by atoms with van der Waals surface area (Å²) in [6.45, 7) is 0. The summed E-state index contributed by atoms with van der Waals surface area (Å²) in [7, 11) is 0. The van der Waals surface area contributed by atoms with Crippen LogP contribution < -0.4 is 11.1 Å². The number of thiophene rings is 1. The molecule has 0 bridgehead atoms. The number of benzene rings is 1. The van der Waals surface area contributed by atoms with Gasteiger partial charge in [0.25, 0.3) is 0 Å². The van der Waals surface area contributed by atoms with E-state index in [2.05, 4.69) is 21.4 Å². The average Bonchev–Trinajstić information content (AvgIpc) is 3.12. The van der Waals surface area contributed by atoms with Crippen molar-refractivity contribution in [2.75, 3.05) is 5.32 Å². The van der Waals surface area contributed by atoms with Crippen molar-refractivity contribution in [2.45, 2.75) is 19.3 Å². The van der Waals surface area contributed by atoms with Crippen molar-refractivity contribution in [1.82, 2.24) is 4.98 Å². The number of nitrogens with two attached hydrogens (primary N) is 1. The molecule has 2 aromatic heterocycles. The van der Waals surface area contributed by atoms with Crippen LogP contribution >= 0.6 is 34.5 Å². The van der Waals surface area contributed by atoms with Crippen LogP contribution in [-0.2, 0) is 4.79 Å². The number of nitrogens with zero attached hydrogens (tertiary/aromatic N) is 3. The van der Waals surface area contributed by atoms with Crippen LogP contribution in [0.1, 0.15) is 29.7 Å². The minimum Gasteiger partial charge on any atom is -0.382 e. The predicted octanol–water partition coefficient (Wildman–Crippen LogP) is 5.71. The molecule has 33 heavy (non-hydrogen) atoms. The van der Waals surface area contributed by atoms with E-state index >= 15 is 0 Å². The highest BCUT2D eigenvalue weighted by molar-refractivity contribution is 7.18. The molecule has 4 N–H and O–H groups in total. The molecule has 1 saturated carbocycles. The van der Waals surface area contributed by atoms with Gasteiger partial charge in [0.15, 0.2) is 0 Å². The fourth-order valence-corrected chi connectivity index (χ4v) is 5.21. The molecular weight excluding hydrogens is 479 g/mol. The Morgan fingerprint density at radius 1 is 1.33 bits per heavy atom. The van der Waals surface area contributed by atoms with Crippen LogP contribution in [0, 0.1) is 22.7 Å². The third kappa shape index (κ3) is 4.62. The first-order valence-corrected chi connectivity index (χ1v) is 11.6. The maximum absolute atomic E-state index is 12.4. The van der Waals surface area contributed by atoms with Crippen molar-refractivity contribution in [3.8, 4) is 27.6 Å². The van der Waals surface area contributed by atoms with E-state index in [9.17, 15) is 10.1 Å². The molecule has 2 heterocycles. The Morgan fingerprint density at radius 2 is 2.12 bits per heavy atom. The number of halogens is 2. The van der Waals surface area contributed by atoms with E-state index in [1.165, 1.54) is 11.3 Å². The van der Waals surface area contributed by atoms with Crippen LogP contribution in [0.3, 0.4) is 0 Å². The molecule has 3 aromatic rings. The van der Waals surface area contributed by atoms with Gasteiger partial charge in [-0.15, -0.1) is 11.3 Å². The molecule has 0 aliphatic heterocycles. The van der Waals surface area contributed by atoms with Crippen LogP contribution in [0.25, 0.3) is 21.6 Å². The van der Waals surface area contributed by atoms with Gasteiger partial charge in [0.05, 0.1) is 15.3 Å². The maximum atomic E-state index is 12.4. The molecule has 4 rings (SSSR count). The third-order valence-electron chi connectivity index (χ3n) is 5.41. The first-order chi connectivity index (χ1) is 15.9. The Bertz CT molecular complexity index is 1320. The number of pyridine rings is 1. The third-order valence-corrected chi connectivity index (χ3v) is 7.22. The average molecular weight is 497 g/mol. The number of carbonyl (C=O) groups excluding carboxylic acids is 1. The minimum atomic E-state index is -0.0470. The van der Waals surface area contributed by atoms with Crippen molar-refractivity contribution in [2.24, 2.45) is 16.6 Å². The minimum absolute atomic E-state index is 0.0225. The van der Waals surface area contributed by atoms with E-state index in [4.69, 9.17) is 34.3 Å². The maximum Gasteiger partial charge on any atom is 0.228 e. The number of nitriles is 1. The van der Waals surface area contributed by atoms with Gasteiger partial charge in [-0.3, -0.25) is 10.2 Å². The van der Waals surface area contributed by atoms with Crippen LogP contribution in [0.4, 0.5) is 5.82 Å². The van der Waals surface area contributed by atoms with Gasteiger partial charge in [-0.1, -0.05) is 35.7 Å². The van der Waals surface area contributed by atoms with Gasteiger partial charge in [0.1, 0.15) is 24.1 Å². The van der Waals surface area contributed by atoms with Gasteiger partial charge in [-0.25, -0.2) is 9.98 Å². The molecule has 0 atom stereocenters. The Morgan fingerprint density at radius 3 is 2.76 bits per heavy atom. The van der Waals surface area contributed by atoms with Crippen LogP contribution in [0.5, 0.6) is 0 Å². The molecule has 0 radical (unpaired) electrons. The van der Waals surface area contributed by atoms with Gasteiger partial charge in [-0.05, 0) is 42.7 Å². The SMILES string of the molecule is N#Cc1c(-c2ccnc(NC(=O)C3CCC3)c2)sc(C(N)=NC=N)c1-c1ccc(Cl)cc1Cl. The molecule has 1 aliphatic rings. The van der Waals surface area contributed by atoms with E-state index in [-0.39, 0.29) is 17.7 Å². The van der Waals surface area contributed by atoms with Crippen LogP contribution in [0.15, 0.2) is 41.5 Å². The molecule has 0 spiro atoms. The number of hydrogen-bond donors (Lipinski definition) is 3. The van der Waals surface area contributed by atoms with Crippen molar-refractivity contribution in [3.05, 3.63) is 57.0 Å². The fraction of sp³-hybridized carbons (Fsp3) is 0.174. The molecule has 166 valence electrons. The monoisotopic (exact) mass is 496 g/mol. The standard InChI is InChI=1S/C23H18Cl2N6OS/c24-14-4-5-15(17(25)9-14)19-16(10-26)20(33-21(19)22(28)30-11-27)13-6-7-29-18(8-13)31-23(32)12-2-1-3-12/h4-9,11-12H,1-3H2,(H3,27,28,30)(H,29,31,32). The number of aromatic nitrogens is 1. The van der Waals surface area contributed by atoms with Gasteiger partial charge in [0.2, 0.25) is 5.91 Å². The second-order valence-electron chi connectivity index (χ2n) is 7.44. The van der Waals surface area contributed by atoms with Crippen LogP contribution in [0.2, 0.25) is 10.0 Å². The van der Waals surface area contributed by atoms with Gasteiger partial charge in [-0.2, -0.15) is 5.26 Å². The topological polar surface area (TPSA) is 128 Å². The van der Waals surface area contributed by atoms with E-state index in [1.54, 1.807) is 36.5 Å². The Labute approximate surface area is 204 Å². The summed E-state index contributed by atoms with van der Waals surface area (Å²) < 4.78 is 0. The molecular formula is C23H18Cl2N6OS. The lowest BCUT2D eigenvalue weighted by Gasteiger charge is -2.23. The highest BCUT2D eigenvalue weighted by Gasteiger charge is 2.27. The summed E-state index contributed by atoms with van der Waals surface area (Å²) >= 11 is 13.8. The Balaban J connectivity index is 1.85. The zero-order valence-electron chi connectivity index (χ0n) is 17.2. The number of anilines is 1. The zero-order valence-corrected chi connectivity index (χ0v) is 19.6. The van der Waals surface area contributed by atoms with Gasteiger partial charge >= 0.3 is 0 Å². The lowest BCUT2D eigenvalue weighted by molar-refractivity contribution is -0.122. The summed E-state index contributed by atoms with van der Waals surface area (Å²) in [6, 6.07) is 10.7. The summed E-state index contributed by atoms with van der Waals surface area (Å²) in [5, 5.41) is 21.1. The number of nitrogens with one attached hydrogen (secondary N) is 2. The van der Waals surface area contributed by atoms with Gasteiger partial charge < -0.3 is 11.1 Å². The summed E-state index contributed by atoms with van der Waals surface area (Å²) in [6.07, 6.45) is 5.25. The van der Waals surface area contributed by atoms with E-state index < -0.39 is 0 Å². The largest absolute Gasteiger partial charge is 0.382 e. The molecule has 1 aromatic carbocycles. The molecule has 1 aliphatic carbocycles. The van der Waals surface area contributed by atoms with E-state index in [0.29, 0.717) is 47.9 Å². The van der Waals surface area contributed by atoms with E-state index in [1.807, 2.05) is 0 Å². The number of amidine groups is 1. The zero-order chi connectivity index (χ0) is 23.5. The van der Waals surface area contributed by atoms with Crippen LogP contribution in [-0.4, -0.2) is 23.1 Å². The fourth-order valence-electron chi connectivity index (χ4n) is 3.54. The number of hydrogen-bond acceptors (Lipinski definition) is 5. The molecule has 1 fully saturated rings. The van der Waals surface area contributed by atoms with E-state index in [0.717, 1.165) is 25.6 Å². The molecule has 0 saturated heterocycles. The summed E-state index contributed by atoms with van der Waals surface area (Å²) in [4.78, 5) is 21.6. The van der Waals surface area contributed by atoms with Crippen molar-refractivity contribution < 1.29 is 4.79 Å². The summed E-state index contributed by atoms with van der Waals surface area (Å²) in [5.41, 5.74) is 8.28. The lowest BCUT2D eigenvalue weighted by atomic mass is 9.85. The smallest absolute Gasteiger partial charge is 0.228 e. The predicted molar refractivity (Wildman–Crippen MR) is 133 cm³/mol. The second kappa shape index (κ2) is 9.71. The first-order valence-electron chi connectivity index (χ1n) is 10.0. The quantitative estimate of drug-likeness (QED) is 0.298. The number of aliphatic imine (C=N–C) groups is 1. The number of carbonyl (C=O) groups is 1.